The summed E-state index contributed by atoms with van der Waals surface area (Å²) in [5.41, 5.74) is 0.461. The minimum absolute atomic E-state index is 0.0795. The Kier molecular flexibility index (Phi) is 5.95. The third-order valence-corrected chi connectivity index (χ3v) is 8.00. The highest BCUT2D eigenvalue weighted by atomic mass is 35.5. The van der Waals surface area contributed by atoms with Crippen molar-refractivity contribution < 1.29 is 18.0 Å². The highest BCUT2D eigenvalue weighted by molar-refractivity contribution is 7.89. The van der Waals surface area contributed by atoms with Gasteiger partial charge >= 0.3 is 0 Å². The first kappa shape index (κ1) is 21.0. The van der Waals surface area contributed by atoms with E-state index in [1.807, 2.05) is 0 Å². The van der Waals surface area contributed by atoms with Crippen LogP contribution in [0.2, 0.25) is 5.02 Å². The molecule has 1 heterocycles. The molecular formula is C22H23ClN2O4S. The molecule has 0 N–H and O–H groups in total. The van der Waals surface area contributed by atoms with Crippen LogP contribution in [-0.2, 0) is 19.6 Å². The molecule has 1 saturated heterocycles. The van der Waals surface area contributed by atoms with E-state index >= 15 is 0 Å². The molecule has 2 amide bonds. The minimum Gasteiger partial charge on any atom is -0.274 e. The summed E-state index contributed by atoms with van der Waals surface area (Å²) in [6.45, 7) is 0. The van der Waals surface area contributed by atoms with Crippen LogP contribution in [0.15, 0.2) is 59.5 Å². The van der Waals surface area contributed by atoms with Crippen molar-refractivity contribution in [2.75, 3.05) is 4.90 Å². The molecule has 6 nitrogen and oxygen atoms in total. The van der Waals surface area contributed by atoms with Crippen LogP contribution in [0.5, 0.6) is 0 Å². The summed E-state index contributed by atoms with van der Waals surface area (Å²) in [4.78, 5) is 27.3. The Morgan fingerprint density at radius 3 is 2.17 bits per heavy atom. The zero-order valence-corrected chi connectivity index (χ0v) is 18.0. The molecule has 2 aromatic rings. The van der Waals surface area contributed by atoms with E-state index in [0.717, 1.165) is 24.2 Å². The lowest BCUT2D eigenvalue weighted by molar-refractivity contribution is -0.122. The molecule has 0 radical (unpaired) electrons. The van der Waals surface area contributed by atoms with Crippen molar-refractivity contribution in [3.05, 3.63) is 59.6 Å². The van der Waals surface area contributed by atoms with Gasteiger partial charge in [-0.3, -0.25) is 9.59 Å². The van der Waals surface area contributed by atoms with Gasteiger partial charge in [0.1, 0.15) is 6.04 Å². The molecular weight excluding hydrogens is 424 g/mol. The number of halogens is 1. The molecule has 1 unspecified atom stereocenters. The predicted octanol–water partition coefficient (Wildman–Crippen LogP) is 4.00. The van der Waals surface area contributed by atoms with Gasteiger partial charge in [-0.2, -0.15) is 4.31 Å². The molecule has 2 fully saturated rings. The van der Waals surface area contributed by atoms with Crippen molar-refractivity contribution in [3.63, 3.8) is 0 Å². The van der Waals surface area contributed by atoms with Crippen molar-refractivity contribution in [2.24, 2.45) is 0 Å². The zero-order chi connectivity index (χ0) is 21.3. The fourth-order valence-electron chi connectivity index (χ4n) is 4.35. The van der Waals surface area contributed by atoms with Gasteiger partial charge < -0.3 is 0 Å². The average Bonchev–Trinajstić information content (AvgIpc) is 3.03. The summed E-state index contributed by atoms with van der Waals surface area (Å²) in [5.74, 6) is -0.877. The van der Waals surface area contributed by atoms with Crippen molar-refractivity contribution in [1.29, 1.82) is 0 Å². The van der Waals surface area contributed by atoms with Crippen LogP contribution in [0, 0.1) is 0 Å². The van der Waals surface area contributed by atoms with E-state index in [9.17, 15) is 18.0 Å². The summed E-state index contributed by atoms with van der Waals surface area (Å²) in [6, 6.07) is 13.2. The van der Waals surface area contributed by atoms with E-state index in [-0.39, 0.29) is 23.3 Å². The van der Waals surface area contributed by atoms with Crippen LogP contribution in [0.4, 0.5) is 5.69 Å². The molecule has 30 heavy (non-hydrogen) atoms. The van der Waals surface area contributed by atoms with Gasteiger partial charge in [0.05, 0.1) is 17.0 Å². The smallest absolute Gasteiger partial charge is 0.252 e. The standard InChI is InChI=1S/C22H23ClN2O4S/c23-16-11-13-19(14-12-16)30(28,29)25(18-9-5-2-6-10-18)20-15-21(26)24(22(20)27)17-7-3-1-4-8-17/h1,3-4,7-8,11-14,18,20H,2,5-6,9-10,15H2. The van der Waals surface area contributed by atoms with Crippen LogP contribution in [0.1, 0.15) is 38.5 Å². The van der Waals surface area contributed by atoms with Gasteiger partial charge in [0.2, 0.25) is 15.9 Å². The van der Waals surface area contributed by atoms with E-state index < -0.39 is 22.0 Å². The average molecular weight is 447 g/mol. The fourth-order valence-corrected chi connectivity index (χ4v) is 6.30. The minimum atomic E-state index is -3.99. The maximum absolute atomic E-state index is 13.6. The summed E-state index contributed by atoms with van der Waals surface area (Å²) >= 11 is 5.93. The number of rotatable bonds is 5. The van der Waals surface area contributed by atoms with E-state index in [4.69, 9.17) is 11.6 Å². The van der Waals surface area contributed by atoms with E-state index in [1.165, 1.54) is 28.6 Å². The van der Waals surface area contributed by atoms with Crippen molar-refractivity contribution in [1.82, 2.24) is 4.31 Å². The Bertz CT molecular complexity index is 1030. The molecule has 0 spiro atoms. The van der Waals surface area contributed by atoms with Crippen molar-refractivity contribution in [2.45, 2.75) is 55.5 Å². The number of imide groups is 1. The topological polar surface area (TPSA) is 74.8 Å². The molecule has 8 heteroatoms. The van der Waals surface area contributed by atoms with Crippen LogP contribution in [-0.4, -0.2) is 36.6 Å². The number of hydrogen-bond acceptors (Lipinski definition) is 4. The number of hydrogen-bond donors (Lipinski definition) is 0. The summed E-state index contributed by atoms with van der Waals surface area (Å²) in [6.07, 6.45) is 4.03. The molecule has 0 aromatic heterocycles. The van der Waals surface area contributed by atoms with Gasteiger partial charge in [-0.1, -0.05) is 49.1 Å². The highest BCUT2D eigenvalue weighted by Crippen LogP contribution is 2.35. The number of para-hydroxylation sites is 1. The lowest BCUT2D eigenvalue weighted by Gasteiger charge is -2.36. The highest BCUT2D eigenvalue weighted by Gasteiger charge is 2.49. The number of benzene rings is 2. The number of anilines is 1. The Labute approximate surface area is 181 Å². The zero-order valence-electron chi connectivity index (χ0n) is 16.4. The van der Waals surface area contributed by atoms with Crippen LogP contribution < -0.4 is 4.90 Å². The van der Waals surface area contributed by atoms with Gasteiger partial charge in [-0.15, -0.1) is 0 Å². The third kappa shape index (κ3) is 3.89. The second-order valence-corrected chi connectivity index (χ2v) is 9.98. The Balaban J connectivity index is 1.74. The fraction of sp³-hybridized carbons (Fsp3) is 0.364. The summed E-state index contributed by atoms with van der Waals surface area (Å²) in [7, 11) is -3.99. The van der Waals surface area contributed by atoms with Gasteiger partial charge in [0.15, 0.2) is 0 Å². The number of carbonyl (C=O) groups excluding carboxylic acids is 2. The molecule has 158 valence electrons. The first-order valence-corrected chi connectivity index (χ1v) is 11.9. The molecule has 2 aliphatic rings. The number of amides is 2. The molecule has 2 aromatic carbocycles. The van der Waals surface area contributed by atoms with Gasteiger partial charge in [0, 0.05) is 11.1 Å². The third-order valence-electron chi connectivity index (χ3n) is 5.77. The maximum atomic E-state index is 13.6. The Morgan fingerprint density at radius 1 is 0.900 bits per heavy atom. The predicted molar refractivity (Wildman–Crippen MR) is 115 cm³/mol. The maximum Gasteiger partial charge on any atom is 0.252 e. The second-order valence-electron chi connectivity index (χ2n) is 7.70. The molecule has 1 aliphatic carbocycles. The summed E-state index contributed by atoms with van der Waals surface area (Å²) in [5, 5.41) is 0.431. The monoisotopic (exact) mass is 446 g/mol. The van der Waals surface area contributed by atoms with Crippen molar-refractivity contribution in [3.8, 4) is 0 Å². The SMILES string of the molecule is O=C1CC(N(C2CCCCC2)S(=O)(=O)c2ccc(Cl)cc2)C(=O)N1c1ccccc1. The van der Waals surface area contributed by atoms with Crippen LogP contribution in [0.25, 0.3) is 0 Å². The quantitative estimate of drug-likeness (QED) is 0.650. The second kappa shape index (κ2) is 8.49. The lowest BCUT2D eigenvalue weighted by Crippen LogP contribution is -2.51. The van der Waals surface area contributed by atoms with Gasteiger partial charge in [-0.05, 0) is 49.2 Å². The number of nitrogens with zero attached hydrogens (tertiary/aromatic N) is 2. The lowest BCUT2D eigenvalue weighted by atomic mass is 9.94. The number of sulfonamides is 1. The summed E-state index contributed by atoms with van der Waals surface area (Å²) < 4.78 is 28.6. The van der Waals surface area contributed by atoms with Gasteiger partial charge in [-0.25, -0.2) is 13.3 Å². The van der Waals surface area contributed by atoms with Crippen LogP contribution in [0.3, 0.4) is 0 Å². The van der Waals surface area contributed by atoms with E-state index in [2.05, 4.69) is 0 Å². The van der Waals surface area contributed by atoms with Gasteiger partial charge in [0.25, 0.3) is 5.91 Å². The van der Waals surface area contributed by atoms with E-state index in [0.29, 0.717) is 23.6 Å². The molecule has 1 atom stereocenters. The molecule has 4 rings (SSSR count). The Hall–Kier alpha value is -2.22. The van der Waals surface area contributed by atoms with Crippen LogP contribution >= 0.6 is 11.6 Å². The molecule has 1 saturated carbocycles. The normalized spacial score (nSPS) is 20.9. The van der Waals surface area contributed by atoms with Crippen molar-refractivity contribution >= 4 is 39.1 Å². The largest absolute Gasteiger partial charge is 0.274 e. The Morgan fingerprint density at radius 2 is 1.53 bits per heavy atom. The van der Waals surface area contributed by atoms with E-state index in [1.54, 1.807) is 30.3 Å². The first-order chi connectivity index (χ1) is 14.4. The number of carbonyl (C=O) groups is 2. The molecule has 0 bridgehead atoms. The first-order valence-electron chi connectivity index (χ1n) is 10.1. The molecule has 1 aliphatic heterocycles.